The number of hydrogen-bond acceptors (Lipinski definition) is 2. The van der Waals surface area contributed by atoms with Gasteiger partial charge in [-0.15, -0.1) is 0 Å². The van der Waals surface area contributed by atoms with Crippen molar-refractivity contribution in [2.24, 2.45) is 0 Å². The fraction of sp³-hybridized carbons (Fsp3) is 0.333. The zero-order valence-electron chi connectivity index (χ0n) is 18.5. The molecule has 0 bridgehead atoms. The molecule has 3 atom stereocenters. The minimum absolute atomic E-state index is 0.144. The number of halogens is 3. The van der Waals surface area contributed by atoms with Crippen molar-refractivity contribution >= 4 is 40.5 Å². The fourth-order valence-electron chi connectivity index (χ4n) is 4.65. The van der Waals surface area contributed by atoms with Crippen LogP contribution in [-0.4, -0.2) is 12.6 Å². The SMILES string of the molecule is CC(CCN(c1ccc(Cl)cc1Cl)C(C)c1ccc(Cl)cc1)NC1CCc2ccccc21. The highest BCUT2D eigenvalue weighted by Crippen LogP contribution is 2.35. The van der Waals surface area contributed by atoms with Crippen molar-refractivity contribution in [1.29, 1.82) is 0 Å². The molecule has 0 amide bonds. The van der Waals surface area contributed by atoms with Gasteiger partial charge in [0.2, 0.25) is 0 Å². The van der Waals surface area contributed by atoms with Crippen LogP contribution in [0.2, 0.25) is 15.1 Å². The number of nitrogens with zero attached hydrogens (tertiary/aromatic N) is 1. The summed E-state index contributed by atoms with van der Waals surface area (Å²) in [6.45, 7) is 5.35. The van der Waals surface area contributed by atoms with Gasteiger partial charge in [0.15, 0.2) is 0 Å². The third-order valence-corrected chi connectivity index (χ3v) is 7.25. The van der Waals surface area contributed by atoms with Gasteiger partial charge in [-0.05, 0) is 80.1 Å². The number of aryl methyl sites for hydroxylation is 1. The summed E-state index contributed by atoms with van der Waals surface area (Å²) < 4.78 is 0. The zero-order valence-corrected chi connectivity index (χ0v) is 20.8. The highest BCUT2D eigenvalue weighted by molar-refractivity contribution is 6.36. The van der Waals surface area contributed by atoms with Gasteiger partial charge in [-0.1, -0.05) is 71.2 Å². The molecule has 2 nitrogen and oxygen atoms in total. The molecule has 3 aromatic rings. The van der Waals surface area contributed by atoms with Gasteiger partial charge in [0.25, 0.3) is 0 Å². The molecule has 4 rings (SSSR count). The second-order valence-corrected chi connectivity index (χ2v) is 9.94. The lowest BCUT2D eigenvalue weighted by molar-refractivity contribution is 0.429. The monoisotopic (exact) mass is 486 g/mol. The van der Waals surface area contributed by atoms with Crippen LogP contribution in [0.3, 0.4) is 0 Å². The first-order chi connectivity index (χ1) is 15.4. The largest absolute Gasteiger partial charge is 0.364 e. The maximum atomic E-state index is 6.63. The molecule has 1 N–H and O–H groups in total. The second-order valence-electron chi connectivity index (χ2n) is 8.66. The van der Waals surface area contributed by atoms with Crippen LogP contribution < -0.4 is 10.2 Å². The first-order valence-electron chi connectivity index (χ1n) is 11.2. The van der Waals surface area contributed by atoms with Crippen molar-refractivity contribution in [3.8, 4) is 0 Å². The third kappa shape index (κ3) is 5.43. The molecule has 3 aromatic carbocycles. The van der Waals surface area contributed by atoms with Gasteiger partial charge >= 0.3 is 0 Å². The van der Waals surface area contributed by atoms with Crippen molar-refractivity contribution in [3.05, 3.63) is 98.5 Å². The summed E-state index contributed by atoms with van der Waals surface area (Å²) in [6, 6.07) is 23.5. The lowest BCUT2D eigenvalue weighted by Crippen LogP contribution is -2.35. The van der Waals surface area contributed by atoms with Crippen LogP contribution in [0.25, 0.3) is 0 Å². The summed E-state index contributed by atoms with van der Waals surface area (Å²) in [4.78, 5) is 2.36. The maximum absolute atomic E-state index is 6.63. The van der Waals surface area contributed by atoms with E-state index in [9.17, 15) is 0 Å². The van der Waals surface area contributed by atoms with Crippen LogP contribution >= 0.6 is 34.8 Å². The fourth-order valence-corrected chi connectivity index (χ4v) is 5.29. The smallest absolute Gasteiger partial charge is 0.0654 e. The van der Waals surface area contributed by atoms with Gasteiger partial charge in [0.1, 0.15) is 0 Å². The summed E-state index contributed by atoms with van der Waals surface area (Å²) >= 11 is 18.9. The average Bonchev–Trinajstić information content (AvgIpc) is 3.18. The van der Waals surface area contributed by atoms with Crippen molar-refractivity contribution in [3.63, 3.8) is 0 Å². The highest BCUT2D eigenvalue weighted by Gasteiger charge is 2.24. The van der Waals surface area contributed by atoms with Gasteiger partial charge in [0.05, 0.1) is 16.8 Å². The topological polar surface area (TPSA) is 15.3 Å². The normalized spacial score (nSPS) is 17.1. The van der Waals surface area contributed by atoms with Gasteiger partial charge < -0.3 is 10.2 Å². The Bertz CT molecular complexity index is 1050. The third-order valence-electron chi connectivity index (χ3n) is 6.46. The number of rotatable bonds is 8. The Hall–Kier alpha value is -1.71. The van der Waals surface area contributed by atoms with E-state index >= 15 is 0 Å². The van der Waals surface area contributed by atoms with Gasteiger partial charge in [-0.3, -0.25) is 0 Å². The minimum atomic E-state index is 0.144. The predicted octanol–water partition coefficient (Wildman–Crippen LogP) is 8.27. The molecule has 3 unspecified atom stereocenters. The summed E-state index contributed by atoms with van der Waals surface area (Å²) in [5.41, 5.74) is 5.12. The van der Waals surface area contributed by atoms with E-state index < -0.39 is 0 Å². The molecule has 0 aromatic heterocycles. The van der Waals surface area contributed by atoms with E-state index in [4.69, 9.17) is 34.8 Å². The van der Waals surface area contributed by atoms with Crippen molar-refractivity contribution in [2.75, 3.05) is 11.4 Å². The first-order valence-corrected chi connectivity index (χ1v) is 12.4. The van der Waals surface area contributed by atoms with E-state index in [-0.39, 0.29) is 6.04 Å². The molecule has 0 spiro atoms. The Kier molecular flexibility index (Phi) is 7.68. The molecule has 0 fully saturated rings. The van der Waals surface area contributed by atoms with Gasteiger partial charge in [0, 0.05) is 28.7 Å². The van der Waals surface area contributed by atoms with Crippen LogP contribution in [0.5, 0.6) is 0 Å². The van der Waals surface area contributed by atoms with Crippen LogP contribution in [-0.2, 0) is 6.42 Å². The van der Waals surface area contributed by atoms with E-state index in [0.717, 1.165) is 36.5 Å². The molecule has 0 heterocycles. The van der Waals surface area contributed by atoms with Crippen LogP contribution in [0, 0.1) is 0 Å². The Balaban J connectivity index is 1.49. The van der Waals surface area contributed by atoms with E-state index in [1.165, 1.54) is 16.7 Å². The molecule has 1 aliphatic rings. The molecular weight excluding hydrogens is 459 g/mol. The number of nitrogens with one attached hydrogen (secondary N) is 1. The molecule has 1 aliphatic carbocycles. The molecule has 0 saturated carbocycles. The molecule has 0 aliphatic heterocycles. The molecule has 32 heavy (non-hydrogen) atoms. The lowest BCUT2D eigenvalue weighted by atomic mass is 10.0. The minimum Gasteiger partial charge on any atom is -0.364 e. The second kappa shape index (κ2) is 10.5. The highest BCUT2D eigenvalue weighted by atomic mass is 35.5. The van der Waals surface area contributed by atoms with Crippen molar-refractivity contribution in [2.45, 2.75) is 51.2 Å². The average molecular weight is 488 g/mol. The maximum Gasteiger partial charge on any atom is 0.0654 e. The van der Waals surface area contributed by atoms with Crippen LogP contribution in [0.4, 0.5) is 5.69 Å². The number of benzene rings is 3. The van der Waals surface area contributed by atoms with Crippen molar-refractivity contribution < 1.29 is 0 Å². The standard InChI is InChI=1S/C27H29Cl3N2/c1-18(31-26-13-9-21-5-3-4-6-24(21)26)15-16-32(27-14-12-23(29)17-25(27)30)19(2)20-7-10-22(28)11-8-20/h3-8,10-12,14,17-19,26,31H,9,13,15-16H2,1-2H3. The first kappa shape index (κ1) is 23.4. The lowest BCUT2D eigenvalue weighted by Gasteiger charge is -2.34. The van der Waals surface area contributed by atoms with E-state index in [1.54, 1.807) is 0 Å². The van der Waals surface area contributed by atoms with Gasteiger partial charge in [-0.2, -0.15) is 0 Å². The Morgan fingerprint density at radius 3 is 2.41 bits per heavy atom. The summed E-state index contributed by atoms with van der Waals surface area (Å²) in [7, 11) is 0. The summed E-state index contributed by atoms with van der Waals surface area (Å²) in [5, 5.41) is 5.91. The number of fused-ring (bicyclic) bond motifs is 1. The Labute approximate surface area is 206 Å². The van der Waals surface area contributed by atoms with E-state index in [0.29, 0.717) is 22.1 Å². The Morgan fingerprint density at radius 2 is 1.66 bits per heavy atom. The van der Waals surface area contributed by atoms with E-state index in [1.807, 2.05) is 30.3 Å². The molecular formula is C27H29Cl3N2. The predicted molar refractivity (Wildman–Crippen MR) is 138 cm³/mol. The van der Waals surface area contributed by atoms with Crippen LogP contribution in [0.15, 0.2) is 66.7 Å². The molecule has 5 heteroatoms. The van der Waals surface area contributed by atoms with Crippen LogP contribution in [0.1, 0.15) is 55.5 Å². The molecule has 168 valence electrons. The number of anilines is 1. The number of hydrogen-bond donors (Lipinski definition) is 1. The van der Waals surface area contributed by atoms with E-state index in [2.05, 4.69) is 60.5 Å². The summed E-state index contributed by atoms with van der Waals surface area (Å²) in [5.74, 6) is 0. The zero-order chi connectivity index (χ0) is 22.7. The summed E-state index contributed by atoms with van der Waals surface area (Å²) in [6.07, 6.45) is 3.31. The van der Waals surface area contributed by atoms with Gasteiger partial charge in [-0.25, -0.2) is 0 Å². The molecule has 0 radical (unpaired) electrons. The quantitative estimate of drug-likeness (QED) is 0.344. The Morgan fingerprint density at radius 1 is 0.938 bits per heavy atom. The molecule has 0 saturated heterocycles. The van der Waals surface area contributed by atoms with Crippen molar-refractivity contribution in [1.82, 2.24) is 5.32 Å².